The molecule has 3 heteroatoms. The summed E-state index contributed by atoms with van der Waals surface area (Å²) in [6.45, 7) is 2.54. The standard InChI is InChI=1S/C11H23ClO2/c1-3-4-5-6-7-8-10(12)11(13)9-14-2/h10-11,13H,3-9H2,1-2H3/t10-,11+/m1/s1. The van der Waals surface area contributed by atoms with Crippen molar-refractivity contribution in [1.82, 2.24) is 0 Å². The topological polar surface area (TPSA) is 29.5 Å². The van der Waals surface area contributed by atoms with E-state index in [9.17, 15) is 5.11 Å². The number of aliphatic hydroxyl groups excluding tert-OH is 1. The Bertz CT molecular complexity index is 120. The Morgan fingerprint density at radius 2 is 1.86 bits per heavy atom. The summed E-state index contributed by atoms with van der Waals surface area (Å²) in [7, 11) is 1.58. The first-order valence-corrected chi connectivity index (χ1v) is 5.97. The van der Waals surface area contributed by atoms with Crippen molar-refractivity contribution >= 4 is 11.6 Å². The van der Waals surface area contributed by atoms with E-state index < -0.39 is 6.10 Å². The van der Waals surface area contributed by atoms with Crippen molar-refractivity contribution in [3.05, 3.63) is 0 Å². The van der Waals surface area contributed by atoms with Crippen LogP contribution in [0.2, 0.25) is 0 Å². The number of ether oxygens (including phenoxy) is 1. The summed E-state index contributed by atoms with van der Waals surface area (Å²) < 4.78 is 4.84. The predicted octanol–water partition coefficient (Wildman–Crippen LogP) is 2.96. The van der Waals surface area contributed by atoms with Crippen molar-refractivity contribution in [2.45, 2.75) is 56.9 Å². The number of methoxy groups -OCH3 is 1. The fourth-order valence-corrected chi connectivity index (χ4v) is 1.64. The molecule has 0 rings (SSSR count). The molecule has 0 aromatic carbocycles. The Morgan fingerprint density at radius 1 is 1.21 bits per heavy atom. The van der Waals surface area contributed by atoms with E-state index in [0.717, 1.165) is 12.8 Å². The largest absolute Gasteiger partial charge is 0.389 e. The summed E-state index contributed by atoms with van der Waals surface area (Å²) in [5.74, 6) is 0. The molecule has 0 spiro atoms. The van der Waals surface area contributed by atoms with Crippen LogP contribution in [-0.4, -0.2) is 30.3 Å². The van der Waals surface area contributed by atoms with Crippen LogP contribution < -0.4 is 0 Å². The third-order valence-electron chi connectivity index (χ3n) is 2.34. The summed E-state index contributed by atoms with van der Waals surface area (Å²) in [6.07, 6.45) is 6.53. The third kappa shape index (κ3) is 7.60. The number of rotatable bonds is 9. The van der Waals surface area contributed by atoms with E-state index in [-0.39, 0.29) is 5.38 Å². The number of hydrogen-bond donors (Lipinski definition) is 1. The fourth-order valence-electron chi connectivity index (χ4n) is 1.41. The maximum Gasteiger partial charge on any atom is 0.0936 e. The molecule has 0 unspecified atom stereocenters. The Labute approximate surface area is 92.6 Å². The van der Waals surface area contributed by atoms with Crippen LogP contribution in [0.4, 0.5) is 0 Å². The van der Waals surface area contributed by atoms with Gasteiger partial charge in [0.05, 0.1) is 18.1 Å². The van der Waals surface area contributed by atoms with E-state index in [1.165, 1.54) is 25.7 Å². The van der Waals surface area contributed by atoms with E-state index in [1.807, 2.05) is 0 Å². The van der Waals surface area contributed by atoms with E-state index in [4.69, 9.17) is 16.3 Å². The predicted molar refractivity (Wildman–Crippen MR) is 60.9 cm³/mol. The highest BCUT2D eigenvalue weighted by Crippen LogP contribution is 2.14. The molecule has 0 amide bonds. The third-order valence-corrected chi connectivity index (χ3v) is 2.85. The van der Waals surface area contributed by atoms with Crippen LogP contribution in [0.15, 0.2) is 0 Å². The van der Waals surface area contributed by atoms with Crippen molar-refractivity contribution in [1.29, 1.82) is 0 Å². The summed E-state index contributed by atoms with van der Waals surface area (Å²) in [5, 5.41) is 9.31. The van der Waals surface area contributed by atoms with Crippen LogP contribution in [0.1, 0.15) is 45.4 Å². The molecule has 86 valence electrons. The summed E-state index contributed by atoms with van der Waals surface area (Å²) in [6, 6.07) is 0. The molecule has 0 fully saturated rings. The molecule has 0 aliphatic carbocycles. The SMILES string of the molecule is CCCCCCC[C@@H](Cl)[C@@H](O)COC. The van der Waals surface area contributed by atoms with Gasteiger partial charge < -0.3 is 9.84 Å². The van der Waals surface area contributed by atoms with E-state index in [0.29, 0.717) is 6.61 Å². The maximum absolute atomic E-state index is 9.46. The summed E-state index contributed by atoms with van der Waals surface area (Å²) in [4.78, 5) is 0. The Kier molecular flexibility index (Phi) is 9.90. The van der Waals surface area contributed by atoms with Crippen molar-refractivity contribution in [3.63, 3.8) is 0 Å². The van der Waals surface area contributed by atoms with Crippen LogP contribution in [0.3, 0.4) is 0 Å². The van der Waals surface area contributed by atoms with Crippen LogP contribution in [0.25, 0.3) is 0 Å². The Hall–Kier alpha value is 0.210. The fraction of sp³-hybridized carbons (Fsp3) is 1.00. The minimum Gasteiger partial charge on any atom is -0.389 e. The molecular weight excluding hydrogens is 200 g/mol. The van der Waals surface area contributed by atoms with Gasteiger partial charge >= 0.3 is 0 Å². The van der Waals surface area contributed by atoms with Gasteiger partial charge in [-0.15, -0.1) is 11.6 Å². The average Bonchev–Trinajstić information content (AvgIpc) is 2.17. The van der Waals surface area contributed by atoms with Gasteiger partial charge in [-0.2, -0.15) is 0 Å². The maximum atomic E-state index is 9.46. The molecule has 0 saturated carbocycles. The minimum absolute atomic E-state index is 0.156. The van der Waals surface area contributed by atoms with Gasteiger partial charge in [0.1, 0.15) is 0 Å². The van der Waals surface area contributed by atoms with Crippen LogP contribution in [-0.2, 0) is 4.74 Å². The zero-order valence-electron chi connectivity index (χ0n) is 9.34. The molecule has 1 N–H and O–H groups in total. The summed E-state index contributed by atoms with van der Waals surface area (Å²) in [5.41, 5.74) is 0. The molecular formula is C11H23ClO2. The van der Waals surface area contributed by atoms with E-state index >= 15 is 0 Å². The molecule has 0 aromatic heterocycles. The molecule has 2 atom stereocenters. The lowest BCUT2D eigenvalue weighted by Crippen LogP contribution is -2.25. The molecule has 2 nitrogen and oxygen atoms in total. The van der Waals surface area contributed by atoms with Gasteiger partial charge in [0, 0.05) is 7.11 Å². The highest BCUT2D eigenvalue weighted by Gasteiger charge is 2.15. The normalized spacial score (nSPS) is 15.4. The van der Waals surface area contributed by atoms with Gasteiger partial charge in [-0.25, -0.2) is 0 Å². The van der Waals surface area contributed by atoms with Crippen molar-refractivity contribution in [3.8, 4) is 0 Å². The van der Waals surface area contributed by atoms with E-state index in [2.05, 4.69) is 6.92 Å². The molecule has 0 bridgehead atoms. The number of hydrogen-bond acceptors (Lipinski definition) is 2. The second-order valence-corrected chi connectivity index (χ2v) is 4.30. The molecule has 0 heterocycles. The number of alkyl halides is 1. The molecule has 0 saturated heterocycles. The first-order chi connectivity index (χ1) is 6.72. The second kappa shape index (κ2) is 9.75. The van der Waals surface area contributed by atoms with Crippen LogP contribution in [0, 0.1) is 0 Å². The second-order valence-electron chi connectivity index (χ2n) is 3.74. The van der Waals surface area contributed by atoms with Crippen molar-refractivity contribution < 1.29 is 9.84 Å². The number of unbranched alkanes of at least 4 members (excludes halogenated alkanes) is 4. The van der Waals surface area contributed by atoms with Gasteiger partial charge in [0.25, 0.3) is 0 Å². The van der Waals surface area contributed by atoms with E-state index in [1.54, 1.807) is 7.11 Å². The number of halogens is 1. The Balaban J connectivity index is 3.29. The van der Waals surface area contributed by atoms with Gasteiger partial charge in [-0.1, -0.05) is 39.0 Å². The number of aliphatic hydroxyl groups is 1. The molecule has 0 aromatic rings. The van der Waals surface area contributed by atoms with Gasteiger partial charge in [0.15, 0.2) is 0 Å². The monoisotopic (exact) mass is 222 g/mol. The lowest BCUT2D eigenvalue weighted by molar-refractivity contribution is 0.0601. The lowest BCUT2D eigenvalue weighted by atomic mass is 10.1. The first kappa shape index (κ1) is 14.2. The quantitative estimate of drug-likeness (QED) is 0.480. The zero-order valence-corrected chi connectivity index (χ0v) is 10.1. The molecule has 0 aliphatic heterocycles. The molecule has 0 radical (unpaired) electrons. The van der Waals surface area contributed by atoms with Gasteiger partial charge in [-0.05, 0) is 6.42 Å². The first-order valence-electron chi connectivity index (χ1n) is 5.53. The van der Waals surface area contributed by atoms with Gasteiger partial charge in [0.2, 0.25) is 0 Å². The van der Waals surface area contributed by atoms with Gasteiger partial charge in [-0.3, -0.25) is 0 Å². The smallest absolute Gasteiger partial charge is 0.0936 e. The lowest BCUT2D eigenvalue weighted by Gasteiger charge is -2.15. The zero-order chi connectivity index (χ0) is 10.8. The van der Waals surface area contributed by atoms with Crippen molar-refractivity contribution in [2.24, 2.45) is 0 Å². The van der Waals surface area contributed by atoms with Crippen molar-refractivity contribution in [2.75, 3.05) is 13.7 Å². The molecule has 14 heavy (non-hydrogen) atoms. The summed E-state index contributed by atoms with van der Waals surface area (Å²) >= 11 is 5.99. The molecule has 0 aliphatic rings. The highest BCUT2D eigenvalue weighted by atomic mass is 35.5. The Morgan fingerprint density at radius 3 is 2.43 bits per heavy atom. The minimum atomic E-state index is -0.521. The van der Waals surface area contributed by atoms with Crippen LogP contribution >= 0.6 is 11.6 Å². The highest BCUT2D eigenvalue weighted by molar-refractivity contribution is 6.21. The van der Waals surface area contributed by atoms with Crippen LogP contribution in [0.5, 0.6) is 0 Å². The average molecular weight is 223 g/mol.